The largest absolute Gasteiger partial charge is 0.244 e. The van der Waals surface area contributed by atoms with E-state index in [0.717, 1.165) is 5.33 Å². The predicted octanol–water partition coefficient (Wildman–Crippen LogP) is 3.96. The molecule has 0 saturated carbocycles. The lowest BCUT2D eigenvalue weighted by Crippen LogP contribution is -1.86. The van der Waals surface area contributed by atoms with Crippen molar-refractivity contribution < 1.29 is 0 Å². The molecule has 0 radical (unpaired) electrons. The third kappa shape index (κ3) is 3.55. The minimum absolute atomic E-state index is 0.558. The summed E-state index contributed by atoms with van der Waals surface area (Å²) in [6.07, 6.45) is 1.78. The van der Waals surface area contributed by atoms with E-state index in [0.29, 0.717) is 5.15 Å². The fourth-order valence-electron chi connectivity index (χ4n) is 0.690. The van der Waals surface area contributed by atoms with Crippen LogP contribution in [0.25, 0.3) is 0 Å². The fourth-order valence-corrected chi connectivity index (χ4v) is 1.49. The highest BCUT2D eigenvalue weighted by Crippen LogP contribution is 2.13. The molecule has 68 valence electrons. The normalized spacial score (nSPS) is 8.75. The van der Waals surface area contributed by atoms with Crippen LogP contribution in [0.15, 0.2) is 12.3 Å². The first-order valence-electron chi connectivity index (χ1n) is 3.91. The van der Waals surface area contributed by atoms with Crippen molar-refractivity contribution in [2.45, 2.75) is 26.1 Å². The molecular formula is C9H13BrClN. The van der Waals surface area contributed by atoms with Gasteiger partial charge in [-0.05, 0) is 24.1 Å². The van der Waals surface area contributed by atoms with Crippen LogP contribution in [0.3, 0.4) is 0 Å². The van der Waals surface area contributed by atoms with Gasteiger partial charge in [-0.25, -0.2) is 4.98 Å². The highest BCUT2D eigenvalue weighted by molar-refractivity contribution is 9.08. The van der Waals surface area contributed by atoms with E-state index in [4.69, 9.17) is 11.6 Å². The second kappa shape index (κ2) is 6.44. The summed E-state index contributed by atoms with van der Waals surface area (Å²) in [5.74, 6) is 0. The summed E-state index contributed by atoms with van der Waals surface area (Å²) in [5.41, 5.74) is 2.36. The molecule has 0 aliphatic heterocycles. The Labute approximate surface area is 87.3 Å². The Bertz CT molecular complexity index is 238. The van der Waals surface area contributed by atoms with Gasteiger partial charge in [0, 0.05) is 11.5 Å². The molecule has 1 nitrogen and oxygen atoms in total. The summed E-state index contributed by atoms with van der Waals surface area (Å²) < 4.78 is 0. The monoisotopic (exact) mass is 249 g/mol. The summed E-state index contributed by atoms with van der Waals surface area (Å²) >= 11 is 9.00. The highest BCUT2D eigenvalue weighted by atomic mass is 79.9. The van der Waals surface area contributed by atoms with Crippen LogP contribution in [-0.4, -0.2) is 4.98 Å². The van der Waals surface area contributed by atoms with Crippen molar-refractivity contribution in [2.24, 2.45) is 0 Å². The number of pyridine rings is 1. The number of nitrogens with zero attached hydrogens (tertiary/aromatic N) is 1. The Morgan fingerprint density at radius 1 is 1.50 bits per heavy atom. The molecule has 0 spiro atoms. The molecule has 1 aromatic rings. The molecule has 0 fully saturated rings. The van der Waals surface area contributed by atoms with Crippen LogP contribution >= 0.6 is 27.5 Å². The van der Waals surface area contributed by atoms with E-state index in [9.17, 15) is 0 Å². The lowest BCUT2D eigenvalue weighted by atomic mass is 10.2. The van der Waals surface area contributed by atoms with Gasteiger partial charge < -0.3 is 0 Å². The van der Waals surface area contributed by atoms with E-state index in [2.05, 4.69) is 20.9 Å². The lowest BCUT2D eigenvalue weighted by Gasteiger charge is -1.99. The van der Waals surface area contributed by atoms with Crippen LogP contribution in [-0.2, 0) is 5.33 Å². The molecule has 0 saturated heterocycles. The summed E-state index contributed by atoms with van der Waals surface area (Å²) in [6.45, 7) is 6.02. The van der Waals surface area contributed by atoms with Gasteiger partial charge in [-0.1, -0.05) is 41.4 Å². The molecular weight excluding hydrogens is 237 g/mol. The van der Waals surface area contributed by atoms with E-state index >= 15 is 0 Å². The van der Waals surface area contributed by atoms with E-state index in [1.165, 1.54) is 11.1 Å². The zero-order valence-corrected chi connectivity index (χ0v) is 9.91. The Morgan fingerprint density at radius 3 is 2.50 bits per heavy atom. The lowest BCUT2D eigenvalue weighted by molar-refractivity contribution is 1.21. The molecule has 1 heterocycles. The van der Waals surface area contributed by atoms with Gasteiger partial charge in [-0.15, -0.1) is 0 Å². The maximum Gasteiger partial charge on any atom is 0.129 e. The number of alkyl halides is 1. The standard InChI is InChI=1S/C7H7BrClN.C2H6/c1-5-2-7(9)10-4-6(5)3-8;1-2/h2,4H,3H2,1H3;1-2H3. The van der Waals surface area contributed by atoms with Crippen LogP contribution in [0.5, 0.6) is 0 Å². The van der Waals surface area contributed by atoms with Crippen LogP contribution in [0, 0.1) is 6.92 Å². The Morgan fingerprint density at radius 2 is 2.08 bits per heavy atom. The smallest absolute Gasteiger partial charge is 0.129 e. The average molecular weight is 251 g/mol. The Balaban J connectivity index is 0.000000561. The van der Waals surface area contributed by atoms with Gasteiger partial charge in [0.2, 0.25) is 0 Å². The first-order valence-corrected chi connectivity index (χ1v) is 5.41. The Hall–Kier alpha value is -0.0800. The topological polar surface area (TPSA) is 12.9 Å². The molecule has 0 atom stereocenters. The number of rotatable bonds is 1. The van der Waals surface area contributed by atoms with Crippen molar-refractivity contribution >= 4 is 27.5 Å². The molecule has 12 heavy (non-hydrogen) atoms. The summed E-state index contributed by atoms with van der Waals surface area (Å²) in [7, 11) is 0. The number of hydrogen-bond donors (Lipinski definition) is 0. The van der Waals surface area contributed by atoms with Gasteiger partial charge in [-0.2, -0.15) is 0 Å². The maximum absolute atomic E-state index is 5.65. The van der Waals surface area contributed by atoms with Crippen LogP contribution in [0.4, 0.5) is 0 Å². The van der Waals surface area contributed by atoms with Gasteiger partial charge in [0.05, 0.1) is 0 Å². The van der Waals surface area contributed by atoms with Gasteiger partial charge >= 0.3 is 0 Å². The van der Waals surface area contributed by atoms with Gasteiger partial charge in [0.15, 0.2) is 0 Å². The first-order chi connectivity index (χ1) is 5.74. The zero-order valence-electron chi connectivity index (χ0n) is 7.56. The van der Waals surface area contributed by atoms with Crippen molar-refractivity contribution in [1.29, 1.82) is 0 Å². The number of hydrogen-bond acceptors (Lipinski definition) is 1. The molecule has 0 amide bonds. The van der Waals surface area contributed by atoms with Crippen molar-refractivity contribution in [3.8, 4) is 0 Å². The summed E-state index contributed by atoms with van der Waals surface area (Å²) in [4.78, 5) is 3.95. The number of aromatic nitrogens is 1. The van der Waals surface area contributed by atoms with Crippen LogP contribution in [0.1, 0.15) is 25.0 Å². The molecule has 0 aromatic carbocycles. The maximum atomic E-state index is 5.65. The minimum Gasteiger partial charge on any atom is -0.244 e. The fraction of sp³-hybridized carbons (Fsp3) is 0.444. The highest BCUT2D eigenvalue weighted by Gasteiger charge is 1.96. The van der Waals surface area contributed by atoms with E-state index < -0.39 is 0 Å². The molecule has 0 N–H and O–H groups in total. The minimum atomic E-state index is 0.558. The third-order valence-corrected chi connectivity index (χ3v) is 2.14. The van der Waals surface area contributed by atoms with Crippen molar-refractivity contribution in [2.75, 3.05) is 0 Å². The predicted molar refractivity (Wildman–Crippen MR) is 58.0 cm³/mol. The molecule has 1 aromatic heterocycles. The van der Waals surface area contributed by atoms with Crippen molar-refractivity contribution in [3.05, 3.63) is 28.5 Å². The van der Waals surface area contributed by atoms with Crippen LogP contribution in [0.2, 0.25) is 5.15 Å². The molecule has 1 rings (SSSR count). The molecule has 0 unspecified atom stereocenters. The van der Waals surface area contributed by atoms with Crippen LogP contribution < -0.4 is 0 Å². The molecule has 0 aliphatic rings. The molecule has 0 aliphatic carbocycles. The third-order valence-electron chi connectivity index (χ3n) is 1.33. The van der Waals surface area contributed by atoms with Gasteiger partial charge in [-0.3, -0.25) is 0 Å². The zero-order chi connectivity index (χ0) is 9.56. The molecule has 0 bridgehead atoms. The SMILES string of the molecule is CC.Cc1cc(Cl)ncc1CBr. The first kappa shape index (κ1) is 11.9. The van der Waals surface area contributed by atoms with Crippen molar-refractivity contribution in [1.82, 2.24) is 4.98 Å². The van der Waals surface area contributed by atoms with E-state index in [-0.39, 0.29) is 0 Å². The average Bonchev–Trinajstić information content (AvgIpc) is 2.08. The molecule has 3 heteroatoms. The number of halogens is 2. The number of aryl methyl sites for hydroxylation is 1. The summed E-state index contributed by atoms with van der Waals surface area (Å²) in [5, 5.41) is 1.39. The van der Waals surface area contributed by atoms with Gasteiger partial charge in [0.25, 0.3) is 0 Å². The van der Waals surface area contributed by atoms with E-state index in [1.807, 2.05) is 26.8 Å². The second-order valence-electron chi connectivity index (χ2n) is 2.07. The quantitative estimate of drug-likeness (QED) is 0.543. The summed E-state index contributed by atoms with van der Waals surface area (Å²) in [6, 6.07) is 1.86. The Kier molecular flexibility index (Phi) is 6.39. The van der Waals surface area contributed by atoms with E-state index in [1.54, 1.807) is 6.20 Å². The van der Waals surface area contributed by atoms with Gasteiger partial charge in [0.1, 0.15) is 5.15 Å². The van der Waals surface area contributed by atoms with Crippen molar-refractivity contribution in [3.63, 3.8) is 0 Å². The second-order valence-corrected chi connectivity index (χ2v) is 3.02.